The highest BCUT2D eigenvalue weighted by Crippen LogP contribution is 2.63. The lowest BCUT2D eigenvalue weighted by atomic mass is 9.88. The minimum atomic E-state index is -8.31. The highest BCUT2D eigenvalue weighted by atomic mass is 28.4. The van der Waals surface area contributed by atoms with Crippen molar-refractivity contribution in [2.24, 2.45) is 0 Å². The first-order valence-corrected chi connectivity index (χ1v) is 11.9. The summed E-state index contributed by atoms with van der Waals surface area (Å²) in [5.74, 6) is -53.1. The molecule has 1 nitrogen and oxygen atoms in total. The van der Waals surface area contributed by atoms with E-state index < -0.39 is 81.4 Å². The third-order valence-corrected chi connectivity index (χ3v) is 6.77. The Hall–Kier alpha value is -1.01. The molecule has 0 rings (SSSR count). The van der Waals surface area contributed by atoms with Crippen LogP contribution in [0, 0.1) is 0 Å². The van der Waals surface area contributed by atoms with Gasteiger partial charge in [0.05, 0.1) is 0 Å². The fourth-order valence-corrected chi connectivity index (χ4v) is 4.77. The van der Waals surface area contributed by atoms with Gasteiger partial charge in [0.1, 0.15) is 0 Å². The van der Waals surface area contributed by atoms with Gasteiger partial charge in [-0.2, -0.15) is 74.6 Å². The molecule has 0 aliphatic carbocycles. The molecule has 0 saturated heterocycles. The van der Waals surface area contributed by atoms with E-state index in [1.165, 1.54) is 0 Å². The van der Waals surface area contributed by atoms with Crippen LogP contribution in [0.1, 0.15) is 19.8 Å². The molecule has 0 heterocycles. The van der Waals surface area contributed by atoms with Crippen molar-refractivity contribution < 1.29 is 79.1 Å². The van der Waals surface area contributed by atoms with E-state index in [2.05, 4.69) is 4.43 Å². The van der Waals surface area contributed by atoms with Crippen molar-refractivity contribution in [3.63, 3.8) is 0 Å². The Kier molecular flexibility index (Phi) is 8.86. The summed E-state index contributed by atoms with van der Waals surface area (Å²) in [5, 5.41) is 0. The molecule has 0 N–H and O–H groups in total. The van der Waals surface area contributed by atoms with Gasteiger partial charge in [-0.3, -0.25) is 0 Å². The molecular formula is C15H17F17OSi. The maximum atomic E-state index is 13.9. The number of alkyl halides is 17. The first-order chi connectivity index (χ1) is 14.5. The minimum absolute atomic E-state index is 0.468. The number of halogens is 17. The van der Waals surface area contributed by atoms with Gasteiger partial charge in [0.25, 0.3) is 0 Å². The van der Waals surface area contributed by atoms with Crippen LogP contribution >= 0.6 is 0 Å². The molecule has 34 heavy (non-hydrogen) atoms. The molecule has 0 atom stereocenters. The van der Waals surface area contributed by atoms with Crippen LogP contribution in [0.25, 0.3) is 0 Å². The minimum Gasteiger partial charge on any atom is -0.417 e. The van der Waals surface area contributed by atoms with Gasteiger partial charge >= 0.3 is 47.6 Å². The molecule has 0 aromatic carbocycles. The molecule has 0 aromatic rings. The average Bonchev–Trinajstić information content (AvgIpc) is 2.57. The van der Waals surface area contributed by atoms with Crippen LogP contribution in [0.5, 0.6) is 0 Å². The van der Waals surface area contributed by atoms with Crippen molar-refractivity contribution in [1.82, 2.24) is 0 Å². The normalized spacial score (nSPS) is 16.2. The van der Waals surface area contributed by atoms with Crippen LogP contribution in [0.15, 0.2) is 0 Å². The molecule has 0 unspecified atom stereocenters. The van der Waals surface area contributed by atoms with Gasteiger partial charge < -0.3 is 4.43 Å². The van der Waals surface area contributed by atoms with Crippen LogP contribution in [-0.2, 0) is 4.43 Å². The summed E-state index contributed by atoms with van der Waals surface area (Å²) >= 11 is 0. The highest BCUT2D eigenvalue weighted by molar-refractivity contribution is 6.71. The lowest BCUT2D eigenvalue weighted by molar-refractivity contribution is -0.440. The average molecular weight is 564 g/mol. The van der Waals surface area contributed by atoms with E-state index in [9.17, 15) is 74.6 Å². The largest absolute Gasteiger partial charge is 0.417 e. The molecule has 0 aliphatic heterocycles. The quantitative estimate of drug-likeness (QED) is 0.172. The van der Waals surface area contributed by atoms with Gasteiger partial charge in [-0.25, -0.2) is 0 Å². The smallest absolute Gasteiger partial charge is 0.389 e. The van der Waals surface area contributed by atoms with Crippen molar-refractivity contribution in [3.05, 3.63) is 0 Å². The zero-order chi connectivity index (χ0) is 28.0. The van der Waals surface area contributed by atoms with Gasteiger partial charge in [0, 0.05) is 25.5 Å². The second kappa shape index (κ2) is 9.13. The van der Waals surface area contributed by atoms with E-state index in [1.807, 2.05) is 0 Å². The van der Waals surface area contributed by atoms with E-state index in [0.717, 1.165) is 6.92 Å². The molecule has 206 valence electrons. The molecule has 0 amide bonds. The Balaban J connectivity index is 6.48. The van der Waals surface area contributed by atoms with Crippen LogP contribution in [0.2, 0.25) is 19.1 Å². The van der Waals surface area contributed by atoms with E-state index in [4.69, 9.17) is 0 Å². The van der Waals surface area contributed by atoms with Crippen molar-refractivity contribution in [1.29, 1.82) is 0 Å². The number of hydrogen-bond acceptors (Lipinski definition) is 1. The van der Waals surface area contributed by atoms with E-state index in [1.54, 1.807) is 0 Å². The molecule has 0 radical (unpaired) electrons. The summed E-state index contributed by atoms with van der Waals surface area (Å²) in [6.07, 6.45) is -12.1. The fourth-order valence-electron chi connectivity index (χ4n) is 2.59. The first-order valence-electron chi connectivity index (χ1n) is 8.83. The summed E-state index contributed by atoms with van der Waals surface area (Å²) in [6, 6.07) is -2.42. The fraction of sp³-hybridized carbons (Fsp3) is 1.00. The monoisotopic (exact) mass is 564 g/mol. The van der Waals surface area contributed by atoms with Crippen molar-refractivity contribution in [2.45, 2.75) is 86.5 Å². The van der Waals surface area contributed by atoms with Gasteiger partial charge in [-0.05, 0) is 20.0 Å². The molecule has 19 heteroatoms. The summed E-state index contributed by atoms with van der Waals surface area (Å²) in [5.41, 5.74) is 0. The third-order valence-electron chi connectivity index (χ3n) is 4.40. The lowest BCUT2D eigenvalue weighted by Crippen LogP contribution is -2.73. The Labute approximate surface area is 181 Å². The van der Waals surface area contributed by atoms with Gasteiger partial charge in [-0.15, -0.1) is 0 Å². The van der Waals surface area contributed by atoms with Crippen molar-refractivity contribution >= 4 is 8.32 Å². The Bertz CT molecular complexity index is 698. The second-order valence-electron chi connectivity index (χ2n) is 7.77. The summed E-state index contributed by atoms with van der Waals surface area (Å²) in [4.78, 5) is 0. The zero-order valence-corrected chi connectivity index (χ0v) is 18.2. The molecular weight excluding hydrogens is 547 g/mol. The maximum Gasteiger partial charge on any atom is 0.389 e. The molecule has 0 aliphatic rings. The zero-order valence-electron chi connectivity index (χ0n) is 17.2. The number of rotatable bonds is 12. The molecule has 0 bridgehead atoms. The predicted molar refractivity (Wildman–Crippen MR) is 83.8 cm³/mol. The molecule has 0 aromatic heterocycles. The summed E-state index contributed by atoms with van der Waals surface area (Å²) in [7, 11) is -4.10. The van der Waals surface area contributed by atoms with Crippen LogP contribution < -0.4 is 0 Å². The van der Waals surface area contributed by atoms with Crippen LogP contribution in [-0.4, -0.2) is 62.6 Å². The molecule has 0 saturated carbocycles. The Morgan fingerprint density at radius 2 is 0.824 bits per heavy atom. The summed E-state index contributed by atoms with van der Waals surface area (Å²) < 4.78 is 232. The lowest BCUT2D eigenvalue weighted by Gasteiger charge is -2.43. The van der Waals surface area contributed by atoms with Crippen LogP contribution in [0.3, 0.4) is 0 Å². The van der Waals surface area contributed by atoms with E-state index in [-0.39, 0.29) is 0 Å². The highest BCUT2D eigenvalue weighted by Gasteiger charge is 2.92. The Morgan fingerprint density at radius 3 is 1.15 bits per heavy atom. The number of hydrogen-bond donors (Lipinski definition) is 0. The van der Waals surface area contributed by atoms with E-state index >= 15 is 0 Å². The van der Waals surface area contributed by atoms with Gasteiger partial charge in [0.15, 0.2) is 8.32 Å². The van der Waals surface area contributed by atoms with Gasteiger partial charge in [0.2, 0.25) is 0 Å². The van der Waals surface area contributed by atoms with Crippen molar-refractivity contribution in [2.75, 3.05) is 6.61 Å². The Morgan fingerprint density at radius 1 is 0.500 bits per heavy atom. The maximum absolute atomic E-state index is 13.9. The predicted octanol–water partition coefficient (Wildman–Crippen LogP) is 8.02. The van der Waals surface area contributed by atoms with Crippen LogP contribution in [0.4, 0.5) is 74.6 Å². The standard InChI is InChI=1S/C15H17F17OSi/c1-4-33-34(2,3)7-9(18,19)12(25,26)14(29,30)15(31,32)13(27,28)11(23,24)8(16,17)5-6-10(20,21)22/h4-7H2,1-3H3. The molecule has 0 spiro atoms. The molecule has 0 fully saturated rings. The summed E-state index contributed by atoms with van der Waals surface area (Å²) in [6.45, 7) is 2.04. The first kappa shape index (κ1) is 33.0. The van der Waals surface area contributed by atoms with Crippen molar-refractivity contribution in [3.8, 4) is 0 Å². The van der Waals surface area contributed by atoms with E-state index in [0.29, 0.717) is 13.1 Å². The third kappa shape index (κ3) is 5.69. The topological polar surface area (TPSA) is 9.23 Å². The van der Waals surface area contributed by atoms with Gasteiger partial charge in [-0.1, -0.05) is 0 Å². The SMILES string of the molecule is CCO[Si](C)(C)CC(F)(F)C(F)(F)C(F)(F)C(F)(F)C(F)(F)C(F)(F)C(F)(F)CCC(F)(F)F. The second-order valence-corrected chi connectivity index (χ2v) is 11.9.